The molecule has 1 aromatic rings. The number of aryl methyl sites for hydroxylation is 1. The number of hydrogen-bond donors (Lipinski definition) is 1. The first-order valence-corrected chi connectivity index (χ1v) is 5.68. The minimum atomic E-state index is -1.22. The third-order valence-corrected chi connectivity index (χ3v) is 2.94. The van der Waals surface area contributed by atoms with E-state index in [9.17, 15) is 4.39 Å². The van der Waals surface area contributed by atoms with Gasteiger partial charge in [0.2, 0.25) is 0 Å². The Hall–Kier alpha value is -0.900. The van der Waals surface area contributed by atoms with Crippen molar-refractivity contribution in [2.75, 3.05) is 13.1 Å². The van der Waals surface area contributed by atoms with Crippen LogP contribution in [0.5, 0.6) is 0 Å². The number of alkyl halides is 1. The monoisotopic (exact) mass is 211 g/mol. The fourth-order valence-corrected chi connectivity index (χ4v) is 2.19. The second kappa shape index (κ2) is 4.31. The van der Waals surface area contributed by atoms with Gasteiger partial charge in [-0.25, -0.2) is 4.39 Å². The summed E-state index contributed by atoms with van der Waals surface area (Å²) in [6.45, 7) is 4.22. The topological polar surface area (TPSA) is 29.9 Å². The summed E-state index contributed by atoms with van der Waals surface area (Å²) < 4.78 is 16.4. The maximum absolute atomic E-state index is 14.6. The highest BCUT2D eigenvalue weighted by atomic mass is 19.1. The lowest BCUT2D eigenvalue weighted by molar-refractivity contribution is 0.110. The van der Waals surface area contributed by atoms with E-state index in [2.05, 4.69) is 17.3 Å². The Morgan fingerprint density at radius 2 is 2.53 bits per heavy atom. The zero-order chi connectivity index (χ0) is 10.7. The molecule has 1 unspecified atom stereocenters. The number of hydrogen-bond acceptors (Lipinski definition) is 2. The third kappa shape index (κ3) is 2.04. The van der Waals surface area contributed by atoms with Crippen LogP contribution in [0.2, 0.25) is 0 Å². The molecular formula is C11H18FN3. The minimum Gasteiger partial charge on any atom is -0.313 e. The molecular weight excluding hydrogens is 193 g/mol. The summed E-state index contributed by atoms with van der Waals surface area (Å²) in [4.78, 5) is 0. The van der Waals surface area contributed by atoms with E-state index in [-0.39, 0.29) is 0 Å². The molecule has 1 aliphatic rings. The molecule has 1 saturated heterocycles. The molecule has 0 amide bonds. The zero-order valence-electron chi connectivity index (χ0n) is 9.17. The first kappa shape index (κ1) is 10.6. The number of halogens is 1. The van der Waals surface area contributed by atoms with Crippen LogP contribution in [-0.2, 0) is 12.2 Å². The van der Waals surface area contributed by atoms with Gasteiger partial charge in [-0.05, 0) is 31.9 Å². The lowest BCUT2D eigenvalue weighted by Gasteiger charge is -2.30. The van der Waals surface area contributed by atoms with Crippen LogP contribution in [0.4, 0.5) is 4.39 Å². The molecule has 0 aromatic carbocycles. The summed E-state index contributed by atoms with van der Waals surface area (Å²) in [7, 11) is 0. The van der Waals surface area contributed by atoms with Gasteiger partial charge in [-0.3, -0.25) is 4.68 Å². The Kier molecular flexibility index (Phi) is 3.05. The molecule has 1 aliphatic heterocycles. The van der Waals surface area contributed by atoms with Crippen molar-refractivity contribution in [3.05, 3.63) is 18.0 Å². The summed E-state index contributed by atoms with van der Waals surface area (Å²) in [5, 5.41) is 7.29. The van der Waals surface area contributed by atoms with E-state index in [0.717, 1.165) is 31.6 Å². The predicted molar refractivity (Wildman–Crippen MR) is 57.4 cm³/mol. The summed E-state index contributed by atoms with van der Waals surface area (Å²) >= 11 is 0. The smallest absolute Gasteiger partial charge is 0.164 e. The number of rotatable bonds is 3. The highest BCUT2D eigenvalue weighted by Gasteiger charge is 2.36. The first-order chi connectivity index (χ1) is 7.26. The Bertz CT molecular complexity index is 315. The Labute approximate surface area is 89.7 Å². The maximum atomic E-state index is 14.6. The standard InChI is InChI=1S/C11H18FN3/c1-2-8-15-10(4-7-14-15)11(12)5-3-6-13-9-11/h4,7,13H,2-3,5-6,8-9H2,1H3. The van der Waals surface area contributed by atoms with E-state index in [1.54, 1.807) is 10.9 Å². The van der Waals surface area contributed by atoms with Gasteiger partial charge in [0.1, 0.15) is 0 Å². The van der Waals surface area contributed by atoms with Crippen molar-refractivity contribution in [2.45, 2.75) is 38.4 Å². The lowest BCUT2D eigenvalue weighted by Crippen LogP contribution is -2.41. The van der Waals surface area contributed by atoms with E-state index >= 15 is 0 Å². The van der Waals surface area contributed by atoms with E-state index in [0.29, 0.717) is 13.0 Å². The van der Waals surface area contributed by atoms with Crippen molar-refractivity contribution in [1.82, 2.24) is 15.1 Å². The fraction of sp³-hybridized carbons (Fsp3) is 0.727. The van der Waals surface area contributed by atoms with Crippen molar-refractivity contribution in [3.63, 3.8) is 0 Å². The Morgan fingerprint density at radius 1 is 1.67 bits per heavy atom. The van der Waals surface area contributed by atoms with Crippen LogP contribution in [0.3, 0.4) is 0 Å². The average molecular weight is 211 g/mol. The predicted octanol–water partition coefficient (Wildman–Crippen LogP) is 1.84. The van der Waals surface area contributed by atoms with Gasteiger partial charge < -0.3 is 5.32 Å². The highest BCUT2D eigenvalue weighted by molar-refractivity contribution is 5.14. The summed E-state index contributed by atoms with van der Waals surface area (Å²) in [5.41, 5.74) is -0.485. The number of aromatic nitrogens is 2. The van der Waals surface area contributed by atoms with Gasteiger partial charge in [-0.1, -0.05) is 6.92 Å². The van der Waals surface area contributed by atoms with Crippen LogP contribution >= 0.6 is 0 Å². The molecule has 4 heteroatoms. The average Bonchev–Trinajstić information content (AvgIpc) is 2.68. The van der Waals surface area contributed by atoms with Crippen molar-refractivity contribution < 1.29 is 4.39 Å². The number of nitrogens with one attached hydrogen (secondary N) is 1. The first-order valence-electron chi connectivity index (χ1n) is 5.68. The lowest BCUT2D eigenvalue weighted by atomic mass is 9.92. The molecule has 84 valence electrons. The minimum absolute atomic E-state index is 0.419. The molecule has 0 radical (unpaired) electrons. The molecule has 0 aliphatic carbocycles. The van der Waals surface area contributed by atoms with Crippen molar-refractivity contribution in [1.29, 1.82) is 0 Å². The second-order valence-electron chi connectivity index (χ2n) is 4.19. The van der Waals surface area contributed by atoms with Crippen LogP contribution in [0.1, 0.15) is 31.9 Å². The molecule has 1 aromatic heterocycles. The van der Waals surface area contributed by atoms with Gasteiger partial charge in [0.25, 0.3) is 0 Å². The van der Waals surface area contributed by atoms with Crippen LogP contribution in [-0.4, -0.2) is 22.9 Å². The molecule has 2 heterocycles. The summed E-state index contributed by atoms with van der Waals surface area (Å²) in [5.74, 6) is 0. The molecule has 1 atom stereocenters. The zero-order valence-corrected chi connectivity index (χ0v) is 9.17. The van der Waals surface area contributed by atoms with E-state index < -0.39 is 5.67 Å². The van der Waals surface area contributed by atoms with Crippen LogP contribution in [0.15, 0.2) is 12.3 Å². The van der Waals surface area contributed by atoms with Gasteiger partial charge >= 0.3 is 0 Å². The SMILES string of the molecule is CCCn1nccc1C1(F)CCCNC1. The summed E-state index contributed by atoms with van der Waals surface area (Å²) in [6, 6.07) is 1.81. The normalized spacial score (nSPS) is 26.8. The largest absolute Gasteiger partial charge is 0.313 e. The molecule has 0 bridgehead atoms. The van der Waals surface area contributed by atoms with Gasteiger partial charge in [0.15, 0.2) is 5.67 Å². The maximum Gasteiger partial charge on any atom is 0.164 e. The Morgan fingerprint density at radius 3 is 3.20 bits per heavy atom. The van der Waals surface area contributed by atoms with Gasteiger partial charge in [0, 0.05) is 19.3 Å². The molecule has 1 N–H and O–H groups in total. The molecule has 0 saturated carbocycles. The second-order valence-corrected chi connectivity index (χ2v) is 4.19. The van der Waals surface area contributed by atoms with Gasteiger partial charge in [-0.15, -0.1) is 0 Å². The quantitative estimate of drug-likeness (QED) is 0.826. The van der Waals surface area contributed by atoms with Crippen LogP contribution in [0, 0.1) is 0 Å². The van der Waals surface area contributed by atoms with Gasteiger partial charge in [0.05, 0.1) is 5.69 Å². The van der Waals surface area contributed by atoms with E-state index in [4.69, 9.17) is 0 Å². The van der Waals surface area contributed by atoms with E-state index in [1.165, 1.54) is 0 Å². The Balaban J connectivity index is 2.22. The summed E-state index contributed by atoms with van der Waals surface area (Å²) in [6.07, 6.45) is 4.18. The van der Waals surface area contributed by atoms with Gasteiger partial charge in [-0.2, -0.15) is 5.10 Å². The molecule has 15 heavy (non-hydrogen) atoms. The molecule has 3 nitrogen and oxygen atoms in total. The number of piperidine rings is 1. The van der Waals surface area contributed by atoms with Crippen molar-refractivity contribution >= 4 is 0 Å². The van der Waals surface area contributed by atoms with Crippen LogP contribution in [0.25, 0.3) is 0 Å². The molecule has 0 spiro atoms. The number of nitrogens with zero attached hydrogens (tertiary/aromatic N) is 2. The third-order valence-electron chi connectivity index (χ3n) is 2.94. The van der Waals surface area contributed by atoms with E-state index in [1.807, 2.05) is 6.07 Å². The van der Waals surface area contributed by atoms with Crippen LogP contribution < -0.4 is 5.32 Å². The molecule has 1 fully saturated rings. The van der Waals surface area contributed by atoms with Crippen molar-refractivity contribution in [3.8, 4) is 0 Å². The fourth-order valence-electron chi connectivity index (χ4n) is 2.19. The van der Waals surface area contributed by atoms with Crippen molar-refractivity contribution in [2.24, 2.45) is 0 Å². The highest BCUT2D eigenvalue weighted by Crippen LogP contribution is 2.32. The molecule has 2 rings (SSSR count).